The molecule has 1 aliphatic rings. The SMILES string of the molecule is C=C1CCNc2c1cc(Cc1ccccc1)cc2C(F)(F)F. The van der Waals surface area contributed by atoms with Crippen molar-refractivity contribution in [2.75, 3.05) is 11.9 Å². The second-order valence-corrected chi connectivity index (χ2v) is 5.51. The van der Waals surface area contributed by atoms with Crippen LogP contribution in [0.5, 0.6) is 0 Å². The first kappa shape index (κ1) is 14.7. The van der Waals surface area contributed by atoms with Crippen LogP contribution < -0.4 is 5.32 Å². The minimum Gasteiger partial charge on any atom is -0.384 e. The summed E-state index contributed by atoms with van der Waals surface area (Å²) in [5, 5.41) is 2.88. The number of fused-ring (bicyclic) bond motifs is 1. The number of hydrogen-bond donors (Lipinski definition) is 1. The molecule has 0 aromatic heterocycles. The lowest BCUT2D eigenvalue weighted by Gasteiger charge is -2.25. The summed E-state index contributed by atoms with van der Waals surface area (Å²) in [6.45, 7) is 4.41. The summed E-state index contributed by atoms with van der Waals surface area (Å²) in [7, 11) is 0. The Balaban J connectivity index is 2.08. The van der Waals surface area contributed by atoms with Crippen LogP contribution in [0, 0.1) is 0 Å². The summed E-state index contributed by atoms with van der Waals surface area (Å²) in [5.41, 5.74) is 2.56. The Labute approximate surface area is 127 Å². The third-order valence-electron chi connectivity index (χ3n) is 3.86. The number of hydrogen-bond acceptors (Lipinski definition) is 1. The van der Waals surface area contributed by atoms with E-state index in [1.165, 1.54) is 6.07 Å². The lowest BCUT2D eigenvalue weighted by molar-refractivity contribution is -0.137. The molecule has 0 saturated heterocycles. The zero-order valence-corrected chi connectivity index (χ0v) is 12.0. The van der Waals surface area contributed by atoms with Gasteiger partial charge >= 0.3 is 6.18 Å². The van der Waals surface area contributed by atoms with Crippen molar-refractivity contribution >= 4 is 11.3 Å². The van der Waals surface area contributed by atoms with Gasteiger partial charge in [0.1, 0.15) is 0 Å². The van der Waals surface area contributed by atoms with Crippen molar-refractivity contribution in [3.63, 3.8) is 0 Å². The van der Waals surface area contributed by atoms with Crippen molar-refractivity contribution in [3.05, 3.63) is 71.3 Å². The van der Waals surface area contributed by atoms with Gasteiger partial charge < -0.3 is 5.32 Å². The minimum absolute atomic E-state index is 0.167. The first-order chi connectivity index (χ1) is 10.4. The average Bonchev–Trinajstić information content (AvgIpc) is 2.47. The lowest BCUT2D eigenvalue weighted by atomic mass is 9.91. The Kier molecular flexibility index (Phi) is 3.69. The third-order valence-corrected chi connectivity index (χ3v) is 3.86. The second-order valence-electron chi connectivity index (χ2n) is 5.51. The Hall–Kier alpha value is -2.23. The zero-order valence-electron chi connectivity index (χ0n) is 12.0. The molecule has 1 aliphatic heterocycles. The Morgan fingerprint density at radius 3 is 2.45 bits per heavy atom. The molecule has 0 fully saturated rings. The van der Waals surface area contributed by atoms with Crippen molar-refractivity contribution in [2.45, 2.75) is 19.0 Å². The van der Waals surface area contributed by atoms with Crippen molar-refractivity contribution in [1.82, 2.24) is 0 Å². The standard InChI is InChI=1S/C18H16F3N/c1-12-7-8-22-17-15(12)10-14(11-16(17)18(19,20)21)9-13-5-3-2-4-6-13/h2-6,10-11,22H,1,7-9H2. The first-order valence-corrected chi connectivity index (χ1v) is 7.15. The highest BCUT2D eigenvalue weighted by atomic mass is 19.4. The molecule has 0 aliphatic carbocycles. The smallest absolute Gasteiger partial charge is 0.384 e. The summed E-state index contributed by atoms with van der Waals surface area (Å²) in [5.74, 6) is 0. The normalized spacial score (nSPS) is 14.4. The Morgan fingerprint density at radius 1 is 1.05 bits per heavy atom. The monoisotopic (exact) mass is 303 g/mol. The van der Waals surface area contributed by atoms with Crippen LogP contribution in [0.25, 0.3) is 5.57 Å². The summed E-state index contributed by atoms with van der Waals surface area (Å²) in [6, 6.07) is 12.6. The predicted molar refractivity (Wildman–Crippen MR) is 82.8 cm³/mol. The van der Waals surface area contributed by atoms with Crippen LogP contribution >= 0.6 is 0 Å². The Morgan fingerprint density at radius 2 is 1.77 bits per heavy atom. The third kappa shape index (κ3) is 2.86. The van der Waals surface area contributed by atoms with Crippen LogP contribution in [0.3, 0.4) is 0 Å². The quantitative estimate of drug-likeness (QED) is 0.811. The molecule has 0 atom stereocenters. The van der Waals surface area contributed by atoms with Crippen LogP contribution in [-0.2, 0) is 12.6 Å². The van der Waals surface area contributed by atoms with Crippen molar-refractivity contribution in [3.8, 4) is 0 Å². The lowest BCUT2D eigenvalue weighted by Crippen LogP contribution is -2.18. The van der Waals surface area contributed by atoms with Crippen LogP contribution in [0.15, 0.2) is 49.0 Å². The van der Waals surface area contributed by atoms with E-state index in [9.17, 15) is 13.2 Å². The number of anilines is 1. The summed E-state index contributed by atoms with van der Waals surface area (Å²) in [6.07, 6.45) is -3.23. The molecule has 0 unspecified atom stereocenters. The van der Waals surface area contributed by atoms with Gasteiger partial charge in [-0.05, 0) is 41.7 Å². The fourth-order valence-corrected chi connectivity index (χ4v) is 2.80. The van der Waals surface area contributed by atoms with Gasteiger partial charge in [-0.25, -0.2) is 0 Å². The molecule has 2 aromatic carbocycles. The summed E-state index contributed by atoms with van der Waals surface area (Å²) in [4.78, 5) is 0. The van der Waals surface area contributed by atoms with Crippen LogP contribution in [0.2, 0.25) is 0 Å². The summed E-state index contributed by atoms with van der Waals surface area (Å²) >= 11 is 0. The average molecular weight is 303 g/mol. The molecule has 3 rings (SSSR count). The number of halogens is 3. The molecule has 0 saturated carbocycles. The molecule has 0 spiro atoms. The van der Waals surface area contributed by atoms with Gasteiger partial charge in [0, 0.05) is 12.1 Å². The van der Waals surface area contributed by atoms with E-state index >= 15 is 0 Å². The van der Waals surface area contributed by atoms with E-state index in [1.807, 2.05) is 36.4 Å². The van der Waals surface area contributed by atoms with Gasteiger partial charge in [-0.1, -0.05) is 36.9 Å². The molecule has 2 aromatic rings. The van der Waals surface area contributed by atoms with E-state index < -0.39 is 11.7 Å². The molecule has 114 valence electrons. The van der Waals surface area contributed by atoms with E-state index in [0.717, 1.165) is 11.1 Å². The molecular weight excluding hydrogens is 287 g/mol. The molecule has 22 heavy (non-hydrogen) atoms. The first-order valence-electron chi connectivity index (χ1n) is 7.15. The van der Waals surface area contributed by atoms with E-state index in [4.69, 9.17) is 0 Å². The fourth-order valence-electron chi connectivity index (χ4n) is 2.80. The van der Waals surface area contributed by atoms with Gasteiger partial charge in [-0.2, -0.15) is 13.2 Å². The number of alkyl halides is 3. The molecule has 0 radical (unpaired) electrons. The molecule has 0 amide bonds. The van der Waals surface area contributed by atoms with E-state index in [2.05, 4.69) is 11.9 Å². The van der Waals surface area contributed by atoms with Crippen LogP contribution in [0.4, 0.5) is 18.9 Å². The molecular formula is C18H16F3N. The second kappa shape index (κ2) is 5.52. The van der Waals surface area contributed by atoms with Gasteiger partial charge in [-0.15, -0.1) is 0 Å². The van der Waals surface area contributed by atoms with Gasteiger partial charge in [0.05, 0.1) is 11.3 Å². The molecule has 0 bridgehead atoms. The highest BCUT2D eigenvalue weighted by Gasteiger charge is 2.36. The number of rotatable bonds is 2. The van der Waals surface area contributed by atoms with E-state index in [0.29, 0.717) is 30.5 Å². The summed E-state index contributed by atoms with van der Waals surface area (Å²) < 4.78 is 40.1. The van der Waals surface area contributed by atoms with Gasteiger partial charge in [0.25, 0.3) is 0 Å². The molecule has 1 N–H and O–H groups in total. The molecule has 1 heterocycles. The Bertz CT molecular complexity index is 702. The largest absolute Gasteiger partial charge is 0.418 e. The van der Waals surface area contributed by atoms with Gasteiger partial charge in [-0.3, -0.25) is 0 Å². The van der Waals surface area contributed by atoms with Crippen LogP contribution in [-0.4, -0.2) is 6.54 Å². The number of benzene rings is 2. The fraction of sp³-hybridized carbons (Fsp3) is 0.222. The number of nitrogens with one attached hydrogen (secondary N) is 1. The van der Waals surface area contributed by atoms with Crippen molar-refractivity contribution in [1.29, 1.82) is 0 Å². The van der Waals surface area contributed by atoms with Gasteiger partial charge in [0.15, 0.2) is 0 Å². The van der Waals surface area contributed by atoms with Gasteiger partial charge in [0.2, 0.25) is 0 Å². The zero-order chi connectivity index (χ0) is 15.7. The maximum Gasteiger partial charge on any atom is 0.418 e. The highest BCUT2D eigenvalue weighted by Crippen LogP contribution is 2.42. The van der Waals surface area contributed by atoms with E-state index in [-0.39, 0.29) is 5.69 Å². The minimum atomic E-state index is -4.37. The predicted octanol–water partition coefficient (Wildman–Crippen LogP) is 5.13. The van der Waals surface area contributed by atoms with E-state index in [1.54, 1.807) is 0 Å². The maximum atomic E-state index is 13.4. The maximum absolute atomic E-state index is 13.4. The topological polar surface area (TPSA) is 12.0 Å². The van der Waals surface area contributed by atoms with Crippen molar-refractivity contribution in [2.24, 2.45) is 0 Å². The highest BCUT2D eigenvalue weighted by molar-refractivity contribution is 5.81. The van der Waals surface area contributed by atoms with Crippen LogP contribution in [0.1, 0.15) is 28.7 Å². The molecule has 1 nitrogen and oxygen atoms in total. The molecule has 4 heteroatoms. The van der Waals surface area contributed by atoms with Crippen molar-refractivity contribution < 1.29 is 13.2 Å².